The zero-order chi connectivity index (χ0) is 20.4. The monoisotopic (exact) mass is 385 g/mol. The van der Waals surface area contributed by atoms with Gasteiger partial charge in [-0.3, -0.25) is 19.5 Å². The van der Waals surface area contributed by atoms with Crippen molar-refractivity contribution in [1.82, 2.24) is 10.3 Å². The number of carbonyl (C=O) groups excluding carboxylic acids is 2. The molecule has 1 aliphatic heterocycles. The number of pyridine rings is 1. The van der Waals surface area contributed by atoms with E-state index in [2.05, 4.69) is 10.3 Å². The number of anilines is 1. The van der Waals surface area contributed by atoms with Crippen molar-refractivity contribution in [1.29, 1.82) is 0 Å². The number of hydrogen-bond donors (Lipinski definition) is 1. The molecule has 1 aromatic heterocycles. The van der Waals surface area contributed by atoms with Crippen molar-refractivity contribution >= 4 is 17.5 Å². The largest absolute Gasteiger partial charge is 0.352 e. The van der Waals surface area contributed by atoms with Crippen LogP contribution in [-0.4, -0.2) is 16.8 Å². The Morgan fingerprint density at radius 2 is 1.66 bits per heavy atom. The molecule has 0 bridgehead atoms. The maximum atomic E-state index is 13.0. The van der Waals surface area contributed by atoms with E-state index >= 15 is 0 Å². The van der Waals surface area contributed by atoms with Gasteiger partial charge in [-0.15, -0.1) is 0 Å². The van der Waals surface area contributed by atoms with Gasteiger partial charge in [0.15, 0.2) is 0 Å². The minimum atomic E-state index is -0.417. The first-order valence-electron chi connectivity index (χ1n) is 9.70. The Kier molecular flexibility index (Phi) is 5.12. The highest BCUT2D eigenvalue weighted by molar-refractivity contribution is 6.11. The quantitative estimate of drug-likeness (QED) is 0.719. The number of benzene rings is 2. The van der Waals surface area contributed by atoms with Gasteiger partial charge < -0.3 is 5.32 Å². The highest BCUT2D eigenvalue weighted by Crippen LogP contribution is 2.38. The molecule has 0 spiro atoms. The third-order valence-electron chi connectivity index (χ3n) is 5.22. The van der Waals surface area contributed by atoms with Crippen LogP contribution >= 0.6 is 0 Å². The molecule has 5 nitrogen and oxygen atoms in total. The summed E-state index contributed by atoms with van der Waals surface area (Å²) in [7, 11) is 0. The van der Waals surface area contributed by atoms with Gasteiger partial charge in [-0.1, -0.05) is 47.5 Å². The van der Waals surface area contributed by atoms with Crippen molar-refractivity contribution < 1.29 is 9.59 Å². The first-order chi connectivity index (χ1) is 14.0. The van der Waals surface area contributed by atoms with Crippen LogP contribution in [0.25, 0.3) is 0 Å². The van der Waals surface area contributed by atoms with Crippen molar-refractivity contribution in [3.05, 3.63) is 94.8 Å². The molecule has 0 radical (unpaired) electrons. The molecule has 2 aromatic carbocycles. The van der Waals surface area contributed by atoms with Gasteiger partial charge in [0.25, 0.3) is 5.91 Å². The lowest BCUT2D eigenvalue weighted by molar-refractivity contribution is -0.121. The highest BCUT2D eigenvalue weighted by atomic mass is 16.2. The van der Waals surface area contributed by atoms with Gasteiger partial charge in [-0.25, -0.2) is 0 Å². The molecule has 1 N–H and O–H groups in total. The fourth-order valence-corrected chi connectivity index (χ4v) is 3.60. The van der Waals surface area contributed by atoms with E-state index in [0.717, 1.165) is 16.8 Å². The van der Waals surface area contributed by atoms with E-state index in [1.54, 1.807) is 23.2 Å². The molecule has 0 fully saturated rings. The summed E-state index contributed by atoms with van der Waals surface area (Å²) in [5.41, 5.74) is 5.33. The molecular weight excluding hydrogens is 362 g/mol. The normalized spacial score (nSPS) is 15.3. The molecule has 4 rings (SSSR count). The van der Waals surface area contributed by atoms with Crippen LogP contribution in [0.15, 0.2) is 66.9 Å². The molecule has 3 aromatic rings. The van der Waals surface area contributed by atoms with Crippen LogP contribution in [0.4, 0.5) is 5.69 Å². The third-order valence-corrected chi connectivity index (χ3v) is 5.22. The summed E-state index contributed by atoms with van der Waals surface area (Å²) < 4.78 is 0. The minimum absolute atomic E-state index is 0.112. The van der Waals surface area contributed by atoms with E-state index in [1.165, 1.54) is 5.56 Å². The SMILES string of the molecule is Cc1ccc(CNC(=O)CC2c3ncccc3C(=O)N2c2ccc(C)cc2)cc1. The Bertz CT molecular complexity index is 1040. The molecule has 0 saturated heterocycles. The number of amides is 2. The topological polar surface area (TPSA) is 62.3 Å². The lowest BCUT2D eigenvalue weighted by Crippen LogP contribution is -2.32. The maximum Gasteiger partial charge on any atom is 0.260 e. The van der Waals surface area contributed by atoms with Crippen molar-refractivity contribution in [2.75, 3.05) is 4.90 Å². The van der Waals surface area contributed by atoms with Crippen molar-refractivity contribution in [2.24, 2.45) is 0 Å². The first kappa shape index (κ1) is 18.9. The molecule has 2 amide bonds. The predicted molar refractivity (Wildman–Crippen MR) is 113 cm³/mol. The second-order valence-corrected chi connectivity index (χ2v) is 7.43. The van der Waals surface area contributed by atoms with Crippen LogP contribution in [0.1, 0.15) is 45.2 Å². The molecule has 1 aliphatic rings. The molecule has 0 aliphatic carbocycles. The highest BCUT2D eigenvalue weighted by Gasteiger charge is 2.39. The molecule has 0 saturated carbocycles. The van der Waals surface area contributed by atoms with Crippen LogP contribution in [0.3, 0.4) is 0 Å². The molecule has 1 unspecified atom stereocenters. The van der Waals surface area contributed by atoms with Gasteiger partial charge in [0.05, 0.1) is 23.7 Å². The number of nitrogens with one attached hydrogen (secondary N) is 1. The van der Waals surface area contributed by atoms with Crippen LogP contribution in [-0.2, 0) is 11.3 Å². The minimum Gasteiger partial charge on any atom is -0.352 e. The molecule has 2 heterocycles. The first-order valence-corrected chi connectivity index (χ1v) is 9.70. The number of aromatic nitrogens is 1. The summed E-state index contributed by atoms with van der Waals surface area (Å²) in [6, 6.07) is 18.9. The van der Waals surface area contributed by atoms with E-state index in [4.69, 9.17) is 0 Å². The fraction of sp³-hybridized carbons (Fsp3) is 0.208. The van der Waals surface area contributed by atoms with Gasteiger partial charge in [0, 0.05) is 18.4 Å². The summed E-state index contributed by atoms with van der Waals surface area (Å²) >= 11 is 0. The Morgan fingerprint density at radius 3 is 2.34 bits per heavy atom. The summed E-state index contributed by atoms with van der Waals surface area (Å²) in [6.45, 7) is 4.49. The van der Waals surface area contributed by atoms with Gasteiger partial charge in [-0.05, 0) is 43.7 Å². The van der Waals surface area contributed by atoms with Gasteiger partial charge in [-0.2, -0.15) is 0 Å². The maximum absolute atomic E-state index is 13.0. The summed E-state index contributed by atoms with van der Waals surface area (Å²) in [6.07, 6.45) is 1.83. The molecule has 29 heavy (non-hydrogen) atoms. The number of rotatable bonds is 5. The molecule has 5 heteroatoms. The summed E-state index contributed by atoms with van der Waals surface area (Å²) in [4.78, 5) is 31.9. The number of fused-ring (bicyclic) bond motifs is 1. The van der Waals surface area contributed by atoms with Crippen molar-refractivity contribution in [3.8, 4) is 0 Å². The molecule has 1 atom stereocenters. The number of nitrogens with zero attached hydrogens (tertiary/aromatic N) is 2. The summed E-state index contributed by atoms with van der Waals surface area (Å²) in [5.74, 6) is -0.229. The van der Waals surface area contributed by atoms with Crippen LogP contribution in [0.5, 0.6) is 0 Å². The van der Waals surface area contributed by atoms with Gasteiger partial charge in [0.1, 0.15) is 0 Å². The zero-order valence-corrected chi connectivity index (χ0v) is 16.6. The fourth-order valence-electron chi connectivity index (χ4n) is 3.60. The molecule has 146 valence electrons. The predicted octanol–water partition coefficient (Wildman–Crippen LogP) is 4.11. The zero-order valence-electron chi connectivity index (χ0n) is 16.6. The van der Waals surface area contributed by atoms with E-state index in [-0.39, 0.29) is 18.2 Å². The van der Waals surface area contributed by atoms with E-state index in [0.29, 0.717) is 17.8 Å². The van der Waals surface area contributed by atoms with E-state index < -0.39 is 6.04 Å². The Labute approximate surface area is 170 Å². The number of carbonyl (C=O) groups is 2. The lowest BCUT2D eigenvalue weighted by Gasteiger charge is -2.24. The third kappa shape index (κ3) is 3.90. The Hall–Kier alpha value is -3.47. The van der Waals surface area contributed by atoms with Crippen LogP contribution in [0, 0.1) is 13.8 Å². The lowest BCUT2D eigenvalue weighted by atomic mass is 10.1. The average molecular weight is 385 g/mol. The number of aryl methyl sites for hydroxylation is 2. The van der Waals surface area contributed by atoms with Crippen molar-refractivity contribution in [2.45, 2.75) is 32.9 Å². The second kappa shape index (κ2) is 7.87. The van der Waals surface area contributed by atoms with Gasteiger partial charge >= 0.3 is 0 Å². The molecular formula is C24H23N3O2. The summed E-state index contributed by atoms with van der Waals surface area (Å²) in [5, 5.41) is 2.97. The van der Waals surface area contributed by atoms with E-state index in [1.807, 2.05) is 62.4 Å². The van der Waals surface area contributed by atoms with Crippen LogP contribution < -0.4 is 10.2 Å². The van der Waals surface area contributed by atoms with Crippen LogP contribution in [0.2, 0.25) is 0 Å². The van der Waals surface area contributed by atoms with E-state index in [9.17, 15) is 9.59 Å². The number of hydrogen-bond acceptors (Lipinski definition) is 3. The Balaban J connectivity index is 1.55. The average Bonchev–Trinajstić information content (AvgIpc) is 3.00. The Morgan fingerprint density at radius 1 is 1.00 bits per heavy atom. The van der Waals surface area contributed by atoms with Crippen molar-refractivity contribution in [3.63, 3.8) is 0 Å². The van der Waals surface area contributed by atoms with Gasteiger partial charge in [0.2, 0.25) is 5.91 Å². The smallest absolute Gasteiger partial charge is 0.260 e. The second-order valence-electron chi connectivity index (χ2n) is 7.43. The standard InChI is InChI=1S/C24H23N3O2/c1-16-5-9-18(10-6-16)15-26-22(28)14-21-23-20(4-3-13-25-23)24(29)27(21)19-11-7-17(2)8-12-19/h3-13,21H,14-15H2,1-2H3,(H,26,28).